The van der Waals surface area contributed by atoms with E-state index in [1.54, 1.807) is 4.90 Å². The first kappa shape index (κ1) is 14.3. The number of rotatable bonds is 6. The summed E-state index contributed by atoms with van der Waals surface area (Å²) in [6.45, 7) is 2.95. The van der Waals surface area contributed by atoms with E-state index in [0.29, 0.717) is 6.54 Å². The number of amides is 2. The van der Waals surface area contributed by atoms with Crippen molar-refractivity contribution in [2.24, 2.45) is 0 Å². The number of anilines is 1. The SMILES string of the molecule is O=C1NCCN1CCNc1ccc(Oc2ccccc2)cc1. The van der Waals surface area contributed by atoms with Crippen LogP contribution in [0.15, 0.2) is 54.6 Å². The summed E-state index contributed by atoms with van der Waals surface area (Å²) < 4.78 is 5.74. The summed E-state index contributed by atoms with van der Waals surface area (Å²) in [6.07, 6.45) is 0. The highest BCUT2D eigenvalue weighted by molar-refractivity contribution is 5.76. The molecular formula is C17H19N3O2. The number of hydrogen-bond acceptors (Lipinski definition) is 3. The molecule has 2 N–H and O–H groups in total. The van der Waals surface area contributed by atoms with Gasteiger partial charge in [-0.3, -0.25) is 0 Å². The van der Waals surface area contributed by atoms with Crippen LogP contribution < -0.4 is 15.4 Å². The zero-order valence-corrected chi connectivity index (χ0v) is 12.3. The van der Waals surface area contributed by atoms with Crippen molar-refractivity contribution in [2.75, 3.05) is 31.5 Å². The number of carbonyl (C=O) groups is 1. The highest BCUT2D eigenvalue weighted by Gasteiger charge is 2.18. The molecule has 1 aliphatic rings. The summed E-state index contributed by atoms with van der Waals surface area (Å²) in [7, 11) is 0. The fourth-order valence-corrected chi connectivity index (χ4v) is 2.33. The van der Waals surface area contributed by atoms with E-state index < -0.39 is 0 Å². The summed E-state index contributed by atoms with van der Waals surface area (Å²) in [5, 5.41) is 6.10. The predicted molar refractivity (Wildman–Crippen MR) is 86.4 cm³/mol. The van der Waals surface area contributed by atoms with Crippen LogP contribution in [-0.4, -0.2) is 37.1 Å². The summed E-state index contributed by atoms with van der Waals surface area (Å²) in [6, 6.07) is 17.5. The first-order valence-corrected chi connectivity index (χ1v) is 7.41. The Kier molecular flexibility index (Phi) is 4.44. The molecular weight excluding hydrogens is 278 g/mol. The number of benzene rings is 2. The van der Waals surface area contributed by atoms with Crippen LogP contribution in [0.5, 0.6) is 11.5 Å². The van der Waals surface area contributed by atoms with Gasteiger partial charge in [0.15, 0.2) is 0 Å². The molecule has 114 valence electrons. The maximum absolute atomic E-state index is 11.4. The van der Waals surface area contributed by atoms with Gasteiger partial charge < -0.3 is 20.3 Å². The molecule has 1 aliphatic heterocycles. The Labute approximate surface area is 129 Å². The highest BCUT2D eigenvalue weighted by atomic mass is 16.5. The van der Waals surface area contributed by atoms with Crippen LogP contribution in [0.4, 0.5) is 10.5 Å². The molecule has 22 heavy (non-hydrogen) atoms. The summed E-state index contributed by atoms with van der Waals surface area (Å²) in [4.78, 5) is 13.2. The van der Waals surface area contributed by atoms with E-state index in [1.165, 1.54) is 0 Å². The lowest BCUT2D eigenvalue weighted by molar-refractivity contribution is 0.219. The standard InChI is InChI=1S/C17H19N3O2/c21-17-19-11-13-20(17)12-10-18-14-6-8-16(9-7-14)22-15-4-2-1-3-5-15/h1-9,18H,10-13H2,(H,19,21). The van der Waals surface area contributed by atoms with E-state index in [2.05, 4.69) is 10.6 Å². The monoisotopic (exact) mass is 297 g/mol. The van der Waals surface area contributed by atoms with Gasteiger partial charge in [-0.05, 0) is 36.4 Å². The third-order valence-electron chi connectivity index (χ3n) is 3.49. The van der Waals surface area contributed by atoms with E-state index in [9.17, 15) is 4.79 Å². The van der Waals surface area contributed by atoms with Crippen LogP contribution in [0, 0.1) is 0 Å². The third kappa shape index (κ3) is 3.69. The topological polar surface area (TPSA) is 53.6 Å². The molecule has 2 aromatic carbocycles. The zero-order chi connectivity index (χ0) is 15.2. The second-order valence-electron chi connectivity index (χ2n) is 5.09. The smallest absolute Gasteiger partial charge is 0.317 e. The lowest BCUT2D eigenvalue weighted by Crippen LogP contribution is -2.32. The van der Waals surface area contributed by atoms with Gasteiger partial charge in [0.1, 0.15) is 11.5 Å². The molecule has 0 aliphatic carbocycles. The largest absolute Gasteiger partial charge is 0.457 e. The third-order valence-corrected chi connectivity index (χ3v) is 3.49. The molecule has 1 saturated heterocycles. The minimum absolute atomic E-state index is 0.0217. The normalized spacial score (nSPS) is 13.8. The van der Waals surface area contributed by atoms with Crippen molar-refractivity contribution in [3.63, 3.8) is 0 Å². The average molecular weight is 297 g/mol. The van der Waals surface area contributed by atoms with Crippen LogP contribution in [0.1, 0.15) is 0 Å². The number of carbonyl (C=O) groups excluding carboxylic acids is 1. The van der Waals surface area contributed by atoms with E-state index in [1.807, 2.05) is 54.6 Å². The van der Waals surface area contributed by atoms with Crippen LogP contribution in [0.25, 0.3) is 0 Å². The molecule has 1 fully saturated rings. The molecule has 5 heteroatoms. The molecule has 0 bridgehead atoms. The quantitative estimate of drug-likeness (QED) is 0.862. The zero-order valence-electron chi connectivity index (χ0n) is 12.3. The Morgan fingerprint density at radius 1 is 1.05 bits per heavy atom. The minimum Gasteiger partial charge on any atom is -0.457 e. The lowest BCUT2D eigenvalue weighted by Gasteiger charge is -2.15. The van der Waals surface area contributed by atoms with Crippen LogP contribution in [-0.2, 0) is 0 Å². The number of hydrogen-bond donors (Lipinski definition) is 2. The minimum atomic E-state index is 0.0217. The second kappa shape index (κ2) is 6.85. The molecule has 0 atom stereocenters. The molecule has 0 spiro atoms. The molecule has 2 amide bonds. The number of urea groups is 1. The van der Waals surface area contributed by atoms with Crippen molar-refractivity contribution < 1.29 is 9.53 Å². The van der Waals surface area contributed by atoms with Crippen molar-refractivity contribution in [3.05, 3.63) is 54.6 Å². The second-order valence-corrected chi connectivity index (χ2v) is 5.09. The predicted octanol–water partition coefficient (Wildman–Crippen LogP) is 2.92. The number of nitrogens with one attached hydrogen (secondary N) is 2. The van der Waals surface area contributed by atoms with Gasteiger partial charge in [0.05, 0.1) is 0 Å². The average Bonchev–Trinajstić information content (AvgIpc) is 2.95. The van der Waals surface area contributed by atoms with Crippen molar-refractivity contribution in [1.82, 2.24) is 10.2 Å². The Balaban J connectivity index is 1.48. The maximum atomic E-state index is 11.4. The molecule has 0 aromatic heterocycles. The Hall–Kier alpha value is -2.69. The Morgan fingerprint density at radius 3 is 2.45 bits per heavy atom. The lowest BCUT2D eigenvalue weighted by atomic mass is 10.3. The number of para-hydroxylation sites is 1. The van der Waals surface area contributed by atoms with Crippen LogP contribution in [0.3, 0.4) is 0 Å². The molecule has 2 aromatic rings. The molecule has 0 unspecified atom stereocenters. The molecule has 0 saturated carbocycles. The highest BCUT2D eigenvalue weighted by Crippen LogP contribution is 2.22. The molecule has 5 nitrogen and oxygen atoms in total. The van der Waals surface area contributed by atoms with Crippen LogP contribution >= 0.6 is 0 Å². The van der Waals surface area contributed by atoms with E-state index in [-0.39, 0.29) is 6.03 Å². The van der Waals surface area contributed by atoms with Gasteiger partial charge in [0.25, 0.3) is 0 Å². The summed E-state index contributed by atoms with van der Waals surface area (Å²) >= 11 is 0. The maximum Gasteiger partial charge on any atom is 0.317 e. The Morgan fingerprint density at radius 2 is 1.77 bits per heavy atom. The Bertz CT molecular complexity index is 614. The van der Waals surface area contributed by atoms with Gasteiger partial charge >= 0.3 is 6.03 Å². The van der Waals surface area contributed by atoms with Gasteiger partial charge in [-0.25, -0.2) is 4.79 Å². The van der Waals surface area contributed by atoms with Crippen molar-refractivity contribution in [3.8, 4) is 11.5 Å². The van der Waals surface area contributed by atoms with Gasteiger partial charge in [-0.2, -0.15) is 0 Å². The fourth-order valence-electron chi connectivity index (χ4n) is 2.33. The number of ether oxygens (including phenoxy) is 1. The van der Waals surface area contributed by atoms with Crippen molar-refractivity contribution in [1.29, 1.82) is 0 Å². The fraction of sp³-hybridized carbons (Fsp3) is 0.235. The summed E-state index contributed by atoms with van der Waals surface area (Å²) in [5.74, 6) is 1.62. The molecule has 0 radical (unpaired) electrons. The molecule has 1 heterocycles. The van der Waals surface area contributed by atoms with E-state index >= 15 is 0 Å². The van der Waals surface area contributed by atoms with Crippen molar-refractivity contribution >= 4 is 11.7 Å². The van der Waals surface area contributed by atoms with E-state index in [0.717, 1.165) is 36.8 Å². The van der Waals surface area contributed by atoms with Gasteiger partial charge in [-0.1, -0.05) is 18.2 Å². The molecule has 3 rings (SSSR count). The first-order chi connectivity index (χ1) is 10.8. The first-order valence-electron chi connectivity index (χ1n) is 7.41. The van der Waals surface area contributed by atoms with Gasteiger partial charge in [-0.15, -0.1) is 0 Å². The van der Waals surface area contributed by atoms with E-state index in [4.69, 9.17) is 4.74 Å². The van der Waals surface area contributed by atoms with Gasteiger partial charge in [0.2, 0.25) is 0 Å². The van der Waals surface area contributed by atoms with Gasteiger partial charge in [0, 0.05) is 31.9 Å². The van der Waals surface area contributed by atoms with Crippen LogP contribution in [0.2, 0.25) is 0 Å². The number of nitrogens with zero attached hydrogens (tertiary/aromatic N) is 1. The van der Waals surface area contributed by atoms with Crippen molar-refractivity contribution in [2.45, 2.75) is 0 Å². The summed E-state index contributed by atoms with van der Waals surface area (Å²) in [5.41, 5.74) is 1.01.